The largest absolute Gasteiger partial charge is 0.295 e. The SMILES string of the molecule is CC/C=C1/C(=O)CC(C)(C)C1CC. The minimum atomic E-state index is 0.187. The fourth-order valence-electron chi connectivity index (χ4n) is 2.50. The maximum absolute atomic E-state index is 11.7. The number of allylic oxidation sites excluding steroid dienone is 2. The fraction of sp³-hybridized carbons (Fsp3) is 0.750. The molecule has 1 rings (SSSR count). The van der Waals surface area contributed by atoms with Crippen molar-refractivity contribution in [2.75, 3.05) is 0 Å². The van der Waals surface area contributed by atoms with Crippen molar-refractivity contribution in [2.24, 2.45) is 11.3 Å². The van der Waals surface area contributed by atoms with Crippen molar-refractivity contribution in [2.45, 2.75) is 47.0 Å². The number of carbonyl (C=O) groups excluding carboxylic acids is 1. The Labute approximate surface area is 81.2 Å². The fourth-order valence-corrected chi connectivity index (χ4v) is 2.50. The van der Waals surface area contributed by atoms with Crippen LogP contribution >= 0.6 is 0 Å². The molecular formula is C12H20O. The highest BCUT2D eigenvalue weighted by molar-refractivity contribution is 5.99. The van der Waals surface area contributed by atoms with Crippen LogP contribution in [0.4, 0.5) is 0 Å². The highest BCUT2D eigenvalue weighted by Gasteiger charge is 2.41. The van der Waals surface area contributed by atoms with E-state index in [1.807, 2.05) is 0 Å². The standard InChI is InChI=1S/C12H20O/c1-5-7-9-10(6-2)12(3,4)8-11(9)13/h7,10H,5-6,8H2,1-4H3/b9-7+. The minimum absolute atomic E-state index is 0.187. The third-order valence-corrected chi connectivity index (χ3v) is 3.09. The molecule has 74 valence electrons. The Hall–Kier alpha value is -0.590. The molecule has 13 heavy (non-hydrogen) atoms. The van der Waals surface area contributed by atoms with Gasteiger partial charge in [-0.2, -0.15) is 0 Å². The molecule has 0 saturated heterocycles. The van der Waals surface area contributed by atoms with Crippen molar-refractivity contribution in [3.63, 3.8) is 0 Å². The average molecular weight is 180 g/mol. The van der Waals surface area contributed by atoms with Gasteiger partial charge in [-0.25, -0.2) is 0 Å². The third kappa shape index (κ3) is 1.84. The minimum Gasteiger partial charge on any atom is -0.295 e. The lowest BCUT2D eigenvalue weighted by atomic mass is 9.79. The van der Waals surface area contributed by atoms with Crippen molar-refractivity contribution in [3.05, 3.63) is 11.6 Å². The number of hydrogen-bond donors (Lipinski definition) is 0. The monoisotopic (exact) mass is 180 g/mol. The van der Waals surface area contributed by atoms with Gasteiger partial charge in [0.25, 0.3) is 0 Å². The predicted molar refractivity (Wildman–Crippen MR) is 55.6 cm³/mol. The van der Waals surface area contributed by atoms with E-state index in [4.69, 9.17) is 0 Å². The van der Waals surface area contributed by atoms with Gasteiger partial charge in [0.05, 0.1) is 0 Å². The van der Waals surface area contributed by atoms with Gasteiger partial charge in [0.15, 0.2) is 5.78 Å². The molecule has 0 aromatic heterocycles. The Kier molecular flexibility index (Phi) is 2.94. The summed E-state index contributed by atoms with van der Waals surface area (Å²) in [5.74, 6) is 0.860. The molecule has 0 aromatic carbocycles. The summed E-state index contributed by atoms with van der Waals surface area (Å²) < 4.78 is 0. The van der Waals surface area contributed by atoms with Crippen molar-refractivity contribution in [1.29, 1.82) is 0 Å². The maximum atomic E-state index is 11.7. The zero-order chi connectivity index (χ0) is 10.1. The molecule has 1 unspecified atom stereocenters. The Bertz CT molecular complexity index is 236. The molecule has 0 aromatic rings. The second-order valence-corrected chi connectivity index (χ2v) is 4.62. The third-order valence-electron chi connectivity index (χ3n) is 3.09. The summed E-state index contributed by atoms with van der Waals surface area (Å²) in [4.78, 5) is 11.7. The molecule has 0 aliphatic heterocycles. The van der Waals surface area contributed by atoms with E-state index < -0.39 is 0 Å². The molecule has 0 bridgehead atoms. The maximum Gasteiger partial charge on any atom is 0.159 e. The molecular weight excluding hydrogens is 160 g/mol. The van der Waals surface area contributed by atoms with Gasteiger partial charge < -0.3 is 0 Å². The van der Waals surface area contributed by atoms with Crippen LogP contribution in [-0.4, -0.2) is 5.78 Å². The summed E-state index contributed by atoms with van der Waals surface area (Å²) in [6.45, 7) is 8.68. The van der Waals surface area contributed by atoms with Gasteiger partial charge in [0.2, 0.25) is 0 Å². The van der Waals surface area contributed by atoms with Crippen LogP contribution in [0.25, 0.3) is 0 Å². The number of hydrogen-bond acceptors (Lipinski definition) is 1. The number of carbonyl (C=O) groups is 1. The lowest BCUT2D eigenvalue weighted by Gasteiger charge is -2.25. The van der Waals surface area contributed by atoms with Crippen LogP contribution < -0.4 is 0 Å². The Morgan fingerprint density at radius 2 is 2.08 bits per heavy atom. The van der Waals surface area contributed by atoms with Crippen LogP contribution in [0, 0.1) is 11.3 Å². The molecule has 1 atom stereocenters. The summed E-state index contributed by atoms with van der Waals surface area (Å²) >= 11 is 0. The quantitative estimate of drug-likeness (QED) is 0.596. The summed E-state index contributed by atoms with van der Waals surface area (Å²) in [5.41, 5.74) is 1.28. The van der Waals surface area contributed by atoms with Crippen molar-refractivity contribution in [1.82, 2.24) is 0 Å². The number of Topliss-reactive ketones (excluding diaryl/α,β-unsaturated/α-hetero) is 1. The molecule has 1 fully saturated rings. The predicted octanol–water partition coefficient (Wildman–Crippen LogP) is 3.35. The molecule has 0 heterocycles. The molecule has 0 spiro atoms. The molecule has 0 radical (unpaired) electrons. The zero-order valence-electron chi connectivity index (χ0n) is 9.18. The summed E-state index contributed by atoms with van der Waals surface area (Å²) in [5, 5.41) is 0. The zero-order valence-corrected chi connectivity index (χ0v) is 9.18. The van der Waals surface area contributed by atoms with Crippen LogP contribution in [0.15, 0.2) is 11.6 Å². The average Bonchev–Trinajstić information content (AvgIpc) is 2.22. The molecule has 1 heteroatoms. The van der Waals surface area contributed by atoms with Crippen molar-refractivity contribution in [3.8, 4) is 0 Å². The first kappa shape index (κ1) is 10.5. The molecule has 1 nitrogen and oxygen atoms in total. The van der Waals surface area contributed by atoms with Crippen LogP contribution in [0.3, 0.4) is 0 Å². The van der Waals surface area contributed by atoms with Crippen LogP contribution in [0.2, 0.25) is 0 Å². The van der Waals surface area contributed by atoms with Crippen LogP contribution in [0.1, 0.15) is 47.0 Å². The highest BCUT2D eigenvalue weighted by atomic mass is 16.1. The summed E-state index contributed by atoms with van der Waals surface area (Å²) in [6.07, 6.45) is 4.92. The first-order chi connectivity index (χ1) is 6.03. The molecule has 1 aliphatic rings. The van der Waals surface area contributed by atoms with E-state index >= 15 is 0 Å². The summed E-state index contributed by atoms with van der Waals surface area (Å²) in [7, 11) is 0. The Morgan fingerprint density at radius 3 is 2.54 bits per heavy atom. The van der Waals surface area contributed by atoms with Crippen molar-refractivity contribution >= 4 is 5.78 Å². The van der Waals surface area contributed by atoms with E-state index in [1.165, 1.54) is 0 Å². The van der Waals surface area contributed by atoms with E-state index in [2.05, 4.69) is 33.8 Å². The van der Waals surface area contributed by atoms with Gasteiger partial charge in [-0.05, 0) is 29.7 Å². The van der Waals surface area contributed by atoms with E-state index in [0.29, 0.717) is 11.7 Å². The van der Waals surface area contributed by atoms with Gasteiger partial charge in [-0.15, -0.1) is 0 Å². The van der Waals surface area contributed by atoms with Crippen molar-refractivity contribution < 1.29 is 4.79 Å². The van der Waals surface area contributed by atoms with Gasteiger partial charge in [0.1, 0.15) is 0 Å². The Morgan fingerprint density at radius 1 is 1.46 bits per heavy atom. The molecule has 1 aliphatic carbocycles. The number of rotatable bonds is 2. The van der Waals surface area contributed by atoms with Crippen LogP contribution in [-0.2, 0) is 4.79 Å². The van der Waals surface area contributed by atoms with E-state index in [9.17, 15) is 4.79 Å². The second-order valence-electron chi connectivity index (χ2n) is 4.62. The topological polar surface area (TPSA) is 17.1 Å². The second kappa shape index (κ2) is 3.65. The Balaban J connectivity index is 2.97. The van der Waals surface area contributed by atoms with E-state index in [0.717, 1.165) is 24.8 Å². The number of ketones is 1. The molecule has 0 amide bonds. The first-order valence-electron chi connectivity index (χ1n) is 5.26. The summed E-state index contributed by atoms with van der Waals surface area (Å²) in [6, 6.07) is 0. The molecule has 1 saturated carbocycles. The van der Waals surface area contributed by atoms with Gasteiger partial charge in [-0.3, -0.25) is 4.79 Å². The smallest absolute Gasteiger partial charge is 0.159 e. The van der Waals surface area contributed by atoms with Gasteiger partial charge in [-0.1, -0.05) is 33.8 Å². The first-order valence-corrected chi connectivity index (χ1v) is 5.26. The lowest BCUT2D eigenvalue weighted by Crippen LogP contribution is -2.17. The highest BCUT2D eigenvalue weighted by Crippen LogP contribution is 2.45. The van der Waals surface area contributed by atoms with E-state index in [-0.39, 0.29) is 5.41 Å². The molecule has 0 N–H and O–H groups in total. The van der Waals surface area contributed by atoms with Gasteiger partial charge >= 0.3 is 0 Å². The lowest BCUT2D eigenvalue weighted by molar-refractivity contribution is -0.115. The normalized spacial score (nSPS) is 30.0. The van der Waals surface area contributed by atoms with Crippen LogP contribution in [0.5, 0.6) is 0 Å². The van der Waals surface area contributed by atoms with Gasteiger partial charge in [0, 0.05) is 6.42 Å². The van der Waals surface area contributed by atoms with E-state index in [1.54, 1.807) is 0 Å².